The van der Waals surface area contributed by atoms with Crippen molar-refractivity contribution in [1.29, 1.82) is 0 Å². The Bertz CT molecular complexity index is 604. The molecule has 0 aliphatic carbocycles. The predicted octanol–water partition coefficient (Wildman–Crippen LogP) is 1.00. The molecule has 124 valence electrons. The molecule has 0 amide bonds. The second kappa shape index (κ2) is 8.30. The van der Waals surface area contributed by atoms with Crippen LogP contribution >= 0.6 is 0 Å². The monoisotopic (exact) mass is 318 g/mol. The van der Waals surface area contributed by atoms with Crippen LogP contribution in [0.25, 0.3) is 0 Å². The van der Waals surface area contributed by atoms with Gasteiger partial charge in [-0.1, -0.05) is 10.4 Å². The van der Waals surface area contributed by atoms with Crippen molar-refractivity contribution >= 4 is 11.6 Å². The summed E-state index contributed by atoms with van der Waals surface area (Å²) < 4.78 is 3.56. The SMILES string of the molecule is CC(=O)CCc1cn(CCCn2cc(CCC(C)=O)nn2)nn1. The third-order valence-corrected chi connectivity index (χ3v) is 3.41. The molecule has 0 saturated carbocycles. The van der Waals surface area contributed by atoms with Gasteiger partial charge in [-0.05, 0) is 33.1 Å². The van der Waals surface area contributed by atoms with Crippen LogP contribution in [0, 0.1) is 0 Å². The van der Waals surface area contributed by atoms with E-state index in [0.717, 1.165) is 30.9 Å². The number of aromatic nitrogens is 6. The zero-order valence-electron chi connectivity index (χ0n) is 13.6. The van der Waals surface area contributed by atoms with E-state index in [0.29, 0.717) is 25.7 Å². The van der Waals surface area contributed by atoms with Crippen LogP contribution in [0.5, 0.6) is 0 Å². The van der Waals surface area contributed by atoms with E-state index in [1.807, 2.05) is 12.4 Å². The number of nitrogens with zero attached hydrogens (tertiary/aromatic N) is 6. The molecule has 0 bridgehead atoms. The minimum Gasteiger partial charge on any atom is -0.300 e. The van der Waals surface area contributed by atoms with Gasteiger partial charge in [-0.2, -0.15) is 0 Å². The maximum Gasteiger partial charge on any atom is 0.130 e. The minimum atomic E-state index is 0.159. The third kappa shape index (κ3) is 6.09. The highest BCUT2D eigenvalue weighted by Crippen LogP contribution is 2.02. The number of aryl methyl sites for hydroxylation is 4. The van der Waals surface area contributed by atoms with Gasteiger partial charge >= 0.3 is 0 Å². The fraction of sp³-hybridized carbons (Fsp3) is 0.600. The number of carbonyl (C=O) groups excluding carboxylic acids is 2. The topological polar surface area (TPSA) is 95.6 Å². The Morgan fingerprint density at radius 2 is 1.30 bits per heavy atom. The number of ketones is 2. The minimum absolute atomic E-state index is 0.159. The first-order valence-electron chi connectivity index (χ1n) is 7.80. The van der Waals surface area contributed by atoms with Gasteiger partial charge in [-0.25, -0.2) is 0 Å². The Morgan fingerprint density at radius 1 is 0.870 bits per heavy atom. The Hall–Kier alpha value is -2.38. The summed E-state index contributed by atoms with van der Waals surface area (Å²) in [7, 11) is 0. The number of carbonyl (C=O) groups is 2. The molecule has 0 radical (unpaired) electrons. The van der Waals surface area contributed by atoms with E-state index in [-0.39, 0.29) is 11.6 Å². The standard InChI is InChI=1S/C15H22N6O2/c1-12(22)4-6-14-10-20(18-16-14)8-3-9-21-11-15(17-19-21)7-5-13(2)23/h10-11H,3-9H2,1-2H3. The molecule has 8 heteroatoms. The van der Waals surface area contributed by atoms with E-state index in [1.54, 1.807) is 23.2 Å². The van der Waals surface area contributed by atoms with Crippen LogP contribution in [0.2, 0.25) is 0 Å². The zero-order chi connectivity index (χ0) is 16.7. The summed E-state index contributed by atoms with van der Waals surface area (Å²) in [5.74, 6) is 0.317. The summed E-state index contributed by atoms with van der Waals surface area (Å²) in [6.45, 7) is 4.62. The molecule has 2 rings (SSSR count). The lowest BCUT2D eigenvalue weighted by molar-refractivity contribution is -0.117. The Labute approximate surface area is 134 Å². The lowest BCUT2D eigenvalue weighted by Gasteiger charge is -2.00. The largest absolute Gasteiger partial charge is 0.300 e. The molecule has 0 spiro atoms. The summed E-state index contributed by atoms with van der Waals surface area (Å²) >= 11 is 0. The van der Waals surface area contributed by atoms with Crippen LogP contribution in [0.4, 0.5) is 0 Å². The van der Waals surface area contributed by atoms with E-state index in [9.17, 15) is 9.59 Å². The Morgan fingerprint density at radius 3 is 1.70 bits per heavy atom. The number of rotatable bonds is 10. The third-order valence-electron chi connectivity index (χ3n) is 3.41. The molecule has 2 aromatic rings. The Balaban J connectivity index is 1.72. The van der Waals surface area contributed by atoms with Crippen molar-refractivity contribution in [1.82, 2.24) is 30.0 Å². The molecule has 0 aliphatic heterocycles. The molecule has 23 heavy (non-hydrogen) atoms. The summed E-state index contributed by atoms with van der Waals surface area (Å²) in [6, 6.07) is 0. The van der Waals surface area contributed by atoms with Gasteiger partial charge in [0.15, 0.2) is 0 Å². The maximum atomic E-state index is 10.9. The molecular formula is C15H22N6O2. The van der Waals surface area contributed by atoms with Crippen molar-refractivity contribution in [2.75, 3.05) is 0 Å². The highest BCUT2D eigenvalue weighted by molar-refractivity contribution is 5.75. The predicted molar refractivity (Wildman–Crippen MR) is 82.7 cm³/mol. The number of hydrogen-bond donors (Lipinski definition) is 0. The fourth-order valence-corrected chi connectivity index (χ4v) is 2.13. The summed E-state index contributed by atoms with van der Waals surface area (Å²) in [6.07, 6.45) is 6.88. The van der Waals surface area contributed by atoms with Gasteiger partial charge in [0.05, 0.1) is 11.4 Å². The van der Waals surface area contributed by atoms with E-state index in [4.69, 9.17) is 0 Å². The first kappa shape index (κ1) is 17.0. The van der Waals surface area contributed by atoms with Crippen LogP contribution in [-0.2, 0) is 35.5 Å². The molecule has 0 saturated heterocycles. The van der Waals surface area contributed by atoms with E-state index >= 15 is 0 Å². The first-order valence-corrected chi connectivity index (χ1v) is 7.80. The van der Waals surface area contributed by atoms with E-state index in [1.165, 1.54) is 0 Å². The van der Waals surface area contributed by atoms with Crippen molar-refractivity contribution < 1.29 is 9.59 Å². The van der Waals surface area contributed by atoms with Gasteiger partial charge in [0.25, 0.3) is 0 Å². The quantitative estimate of drug-likeness (QED) is 0.648. The number of Topliss-reactive ketones (excluding diaryl/α,β-unsaturated/α-hetero) is 2. The summed E-state index contributed by atoms with van der Waals surface area (Å²) in [4.78, 5) is 21.9. The van der Waals surface area contributed by atoms with Crippen molar-refractivity contribution in [2.24, 2.45) is 0 Å². The molecule has 0 fully saturated rings. The lowest BCUT2D eigenvalue weighted by atomic mass is 10.2. The lowest BCUT2D eigenvalue weighted by Crippen LogP contribution is -2.05. The highest BCUT2D eigenvalue weighted by Gasteiger charge is 2.05. The van der Waals surface area contributed by atoms with Gasteiger partial charge in [0, 0.05) is 38.3 Å². The molecule has 8 nitrogen and oxygen atoms in total. The first-order chi connectivity index (χ1) is 11.0. The van der Waals surface area contributed by atoms with Crippen LogP contribution in [0.1, 0.15) is 44.5 Å². The van der Waals surface area contributed by atoms with Crippen LogP contribution in [0.3, 0.4) is 0 Å². The van der Waals surface area contributed by atoms with Crippen LogP contribution in [0.15, 0.2) is 12.4 Å². The molecular weight excluding hydrogens is 296 g/mol. The molecule has 0 atom stereocenters. The molecule has 0 unspecified atom stereocenters. The van der Waals surface area contributed by atoms with Gasteiger partial charge in [0.1, 0.15) is 11.6 Å². The van der Waals surface area contributed by atoms with E-state index < -0.39 is 0 Å². The molecule has 0 aliphatic rings. The van der Waals surface area contributed by atoms with Crippen molar-refractivity contribution in [3.63, 3.8) is 0 Å². The average molecular weight is 318 g/mol. The van der Waals surface area contributed by atoms with Crippen molar-refractivity contribution in [3.05, 3.63) is 23.8 Å². The summed E-state index contributed by atoms with van der Waals surface area (Å²) in [5.41, 5.74) is 1.68. The Kier molecular flexibility index (Phi) is 6.13. The zero-order valence-corrected chi connectivity index (χ0v) is 13.6. The van der Waals surface area contributed by atoms with Gasteiger partial charge in [0.2, 0.25) is 0 Å². The smallest absolute Gasteiger partial charge is 0.130 e. The average Bonchev–Trinajstić information content (AvgIpc) is 3.12. The van der Waals surface area contributed by atoms with Crippen LogP contribution < -0.4 is 0 Å². The molecule has 0 aromatic carbocycles. The van der Waals surface area contributed by atoms with Gasteiger partial charge < -0.3 is 9.59 Å². The van der Waals surface area contributed by atoms with Crippen molar-refractivity contribution in [3.8, 4) is 0 Å². The van der Waals surface area contributed by atoms with Crippen LogP contribution in [-0.4, -0.2) is 41.6 Å². The maximum absolute atomic E-state index is 10.9. The summed E-state index contributed by atoms with van der Waals surface area (Å²) in [5, 5.41) is 16.2. The second-order valence-corrected chi connectivity index (χ2v) is 5.70. The highest BCUT2D eigenvalue weighted by atomic mass is 16.1. The second-order valence-electron chi connectivity index (χ2n) is 5.70. The normalized spacial score (nSPS) is 10.9. The molecule has 0 N–H and O–H groups in total. The number of hydrogen-bond acceptors (Lipinski definition) is 6. The van der Waals surface area contributed by atoms with Gasteiger partial charge in [-0.3, -0.25) is 9.36 Å². The molecule has 2 heterocycles. The van der Waals surface area contributed by atoms with E-state index in [2.05, 4.69) is 20.6 Å². The molecule has 2 aromatic heterocycles. The fourth-order valence-electron chi connectivity index (χ4n) is 2.13. The van der Waals surface area contributed by atoms with Crippen molar-refractivity contribution in [2.45, 2.75) is 59.0 Å². The van der Waals surface area contributed by atoms with Gasteiger partial charge in [-0.15, -0.1) is 10.2 Å².